The maximum atomic E-state index is 12.9. The standard InChI is InChI=1S/C20H25N10O9PS/c21-18-17-20(25-8-23-18)29(10-27-17)15-2-1-11(37-15)4-28-41(34,35)39-13-3-16(38-14(13)6-36-40(31,32)33)30-9-26-12-5-22-7-24-19(12)30/h5,7-11,13-16,28H,1-4,6H2,(H2,21,23,25)(H2,31,32,33)/t11-,13-,14+,15+,16+/m0/s1. The van der Waals surface area contributed by atoms with Gasteiger partial charge in [-0.05, 0) is 12.8 Å². The second kappa shape index (κ2) is 10.9. The number of hydrogen-bond donors (Lipinski definition) is 4. The van der Waals surface area contributed by atoms with Gasteiger partial charge < -0.3 is 25.0 Å². The predicted octanol–water partition coefficient (Wildman–Crippen LogP) is -0.458. The van der Waals surface area contributed by atoms with Gasteiger partial charge in [0.2, 0.25) is 0 Å². The fourth-order valence-corrected chi connectivity index (χ4v) is 6.13. The minimum atomic E-state index is -4.87. The number of nitrogens with two attached hydrogens (primary N) is 1. The summed E-state index contributed by atoms with van der Waals surface area (Å²) in [4.78, 5) is 42.9. The molecule has 6 heterocycles. The minimum absolute atomic E-state index is 0.00769. The molecule has 4 aromatic heterocycles. The molecule has 21 heteroatoms. The van der Waals surface area contributed by atoms with Gasteiger partial charge in [-0.25, -0.2) is 34.5 Å². The largest absolute Gasteiger partial charge is 0.469 e. The average molecular weight is 613 g/mol. The van der Waals surface area contributed by atoms with E-state index in [2.05, 4.69) is 39.1 Å². The van der Waals surface area contributed by atoms with Crippen molar-refractivity contribution in [2.75, 3.05) is 18.9 Å². The lowest BCUT2D eigenvalue weighted by atomic mass is 10.2. The molecule has 2 fully saturated rings. The van der Waals surface area contributed by atoms with Crippen LogP contribution in [0.5, 0.6) is 0 Å². The lowest BCUT2D eigenvalue weighted by Gasteiger charge is -2.20. The van der Waals surface area contributed by atoms with Crippen LogP contribution in [0.2, 0.25) is 0 Å². The molecule has 0 radical (unpaired) electrons. The van der Waals surface area contributed by atoms with Crippen molar-refractivity contribution in [2.24, 2.45) is 0 Å². The molecule has 0 amide bonds. The van der Waals surface area contributed by atoms with E-state index in [1.807, 2.05) is 0 Å². The summed E-state index contributed by atoms with van der Waals surface area (Å²) >= 11 is 0. The molecule has 5 N–H and O–H groups in total. The van der Waals surface area contributed by atoms with E-state index in [0.717, 1.165) is 0 Å². The molecule has 0 saturated carbocycles. The third-order valence-corrected chi connectivity index (χ3v) is 8.16. The Kier molecular flexibility index (Phi) is 7.42. The van der Waals surface area contributed by atoms with E-state index >= 15 is 0 Å². The normalized spacial score (nSPS) is 25.5. The van der Waals surface area contributed by atoms with E-state index in [-0.39, 0.29) is 18.8 Å². The zero-order valence-electron chi connectivity index (χ0n) is 21.1. The Hall–Kier alpha value is -3.20. The molecule has 0 aromatic carbocycles. The Bertz CT molecular complexity index is 1710. The Morgan fingerprint density at radius 1 is 1.05 bits per heavy atom. The van der Waals surface area contributed by atoms with Gasteiger partial charge in [0, 0.05) is 13.0 Å². The van der Waals surface area contributed by atoms with E-state index in [9.17, 15) is 13.0 Å². The molecular weight excluding hydrogens is 587 g/mol. The number of nitrogen functional groups attached to an aromatic ring is 1. The topological polar surface area (TPSA) is 254 Å². The highest BCUT2D eigenvalue weighted by atomic mass is 32.2. The molecule has 0 aliphatic carbocycles. The van der Waals surface area contributed by atoms with Crippen LogP contribution in [0.4, 0.5) is 5.82 Å². The number of rotatable bonds is 10. The van der Waals surface area contributed by atoms with Crippen molar-refractivity contribution in [1.29, 1.82) is 0 Å². The van der Waals surface area contributed by atoms with Crippen LogP contribution in [-0.4, -0.2) is 88.7 Å². The number of phosphoric acid groups is 1. The summed E-state index contributed by atoms with van der Waals surface area (Å²) in [6, 6.07) is 0. The average Bonchev–Trinajstić information content (AvgIpc) is 3.71. The van der Waals surface area contributed by atoms with Gasteiger partial charge in [-0.15, -0.1) is 0 Å². The first-order valence-corrected chi connectivity index (χ1v) is 15.2. The first kappa shape index (κ1) is 27.9. The predicted molar refractivity (Wildman–Crippen MR) is 137 cm³/mol. The van der Waals surface area contributed by atoms with Gasteiger partial charge in [-0.3, -0.25) is 17.8 Å². The number of nitrogens with one attached hydrogen (secondary N) is 1. The van der Waals surface area contributed by atoms with E-state index in [1.165, 1.54) is 25.2 Å². The van der Waals surface area contributed by atoms with Gasteiger partial charge in [-0.2, -0.15) is 13.1 Å². The summed E-state index contributed by atoms with van der Waals surface area (Å²) in [6.07, 6.45) is 4.23. The number of phosphoric ester groups is 1. The van der Waals surface area contributed by atoms with Crippen molar-refractivity contribution in [2.45, 2.75) is 50.0 Å². The van der Waals surface area contributed by atoms with Crippen LogP contribution in [0.25, 0.3) is 22.3 Å². The Morgan fingerprint density at radius 3 is 2.66 bits per heavy atom. The Morgan fingerprint density at radius 2 is 1.83 bits per heavy atom. The molecule has 41 heavy (non-hydrogen) atoms. The summed E-state index contributed by atoms with van der Waals surface area (Å²) in [5.41, 5.74) is 7.70. The highest BCUT2D eigenvalue weighted by Crippen LogP contribution is 2.39. The van der Waals surface area contributed by atoms with Gasteiger partial charge in [0.25, 0.3) is 0 Å². The van der Waals surface area contributed by atoms with Crippen LogP contribution in [0.15, 0.2) is 31.5 Å². The zero-order valence-corrected chi connectivity index (χ0v) is 22.8. The molecule has 220 valence electrons. The van der Waals surface area contributed by atoms with E-state index in [0.29, 0.717) is 35.2 Å². The maximum Gasteiger partial charge on any atom is 0.469 e. The van der Waals surface area contributed by atoms with Crippen molar-refractivity contribution in [3.63, 3.8) is 0 Å². The minimum Gasteiger partial charge on any atom is -0.382 e. The molecule has 2 saturated heterocycles. The number of hydrogen-bond acceptors (Lipinski definition) is 14. The number of anilines is 1. The van der Waals surface area contributed by atoms with E-state index < -0.39 is 55.5 Å². The second-order valence-electron chi connectivity index (χ2n) is 9.34. The number of imidazole rings is 2. The molecule has 5 atom stereocenters. The highest BCUT2D eigenvalue weighted by Gasteiger charge is 2.42. The molecule has 0 bridgehead atoms. The molecule has 2 aliphatic rings. The first-order valence-electron chi connectivity index (χ1n) is 12.3. The summed E-state index contributed by atoms with van der Waals surface area (Å²) in [7, 11) is -9.22. The monoisotopic (exact) mass is 612 g/mol. The van der Waals surface area contributed by atoms with Crippen molar-refractivity contribution in [1.82, 2.24) is 43.8 Å². The Labute approximate surface area is 231 Å². The maximum absolute atomic E-state index is 12.9. The van der Waals surface area contributed by atoms with Gasteiger partial charge >= 0.3 is 18.1 Å². The fraction of sp³-hybridized carbons (Fsp3) is 0.500. The summed E-state index contributed by atoms with van der Waals surface area (Å²) in [5.74, 6) is 0.241. The lowest BCUT2D eigenvalue weighted by Crippen LogP contribution is -2.38. The quantitative estimate of drug-likeness (QED) is 0.165. The fourth-order valence-electron chi connectivity index (χ4n) is 4.80. The molecule has 19 nitrogen and oxygen atoms in total. The van der Waals surface area contributed by atoms with Crippen LogP contribution >= 0.6 is 7.82 Å². The smallest absolute Gasteiger partial charge is 0.382 e. The van der Waals surface area contributed by atoms with Crippen LogP contribution in [0, 0.1) is 0 Å². The van der Waals surface area contributed by atoms with Crippen LogP contribution in [0.1, 0.15) is 31.7 Å². The van der Waals surface area contributed by atoms with Crippen molar-refractivity contribution < 1.29 is 41.0 Å². The molecule has 2 aliphatic heterocycles. The van der Waals surface area contributed by atoms with Crippen LogP contribution in [0.3, 0.4) is 0 Å². The SMILES string of the molecule is Nc1ncnc2c1ncn2[C@H]1CC[C@@H](CNS(=O)(=O)O[C@H]2C[C@H](n3cnc4cncnc43)O[C@@H]2COP(=O)(O)O)O1. The number of ether oxygens (including phenoxy) is 2. The second-order valence-corrected chi connectivity index (χ2v) is 12.0. The van der Waals surface area contributed by atoms with Gasteiger partial charge in [0.1, 0.15) is 48.4 Å². The lowest BCUT2D eigenvalue weighted by molar-refractivity contribution is -0.0381. The van der Waals surface area contributed by atoms with E-state index in [1.54, 1.807) is 15.5 Å². The van der Waals surface area contributed by atoms with Gasteiger partial charge in [0.15, 0.2) is 17.1 Å². The highest BCUT2D eigenvalue weighted by molar-refractivity contribution is 7.84. The number of nitrogens with zero attached hydrogens (tertiary/aromatic N) is 8. The van der Waals surface area contributed by atoms with Crippen LogP contribution in [-0.2, 0) is 33.0 Å². The van der Waals surface area contributed by atoms with Gasteiger partial charge in [0.05, 0.1) is 31.6 Å². The number of aromatic nitrogens is 8. The third kappa shape index (κ3) is 6.05. The first-order chi connectivity index (χ1) is 19.6. The van der Waals surface area contributed by atoms with Crippen molar-refractivity contribution in [3.05, 3.63) is 31.5 Å². The molecule has 0 spiro atoms. The molecule has 4 aromatic rings. The van der Waals surface area contributed by atoms with Gasteiger partial charge in [-0.1, -0.05) is 0 Å². The van der Waals surface area contributed by atoms with Crippen molar-refractivity contribution in [3.8, 4) is 0 Å². The number of fused-ring (bicyclic) bond motifs is 2. The molecular formula is C20H25N10O9PS. The zero-order chi connectivity index (χ0) is 28.8. The van der Waals surface area contributed by atoms with E-state index in [4.69, 9.17) is 29.2 Å². The van der Waals surface area contributed by atoms with Crippen LogP contribution < -0.4 is 10.5 Å². The molecule has 0 unspecified atom stereocenters. The third-order valence-electron chi connectivity index (χ3n) is 6.66. The Balaban J connectivity index is 1.10. The molecule has 6 rings (SSSR count). The summed E-state index contributed by atoms with van der Waals surface area (Å²) in [6.45, 7) is -0.713. The summed E-state index contributed by atoms with van der Waals surface area (Å²) in [5, 5.41) is 0. The summed E-state index contributed by atoms with van der Waals surface area (Å²) < 4.78 is 64.6. The van der Waals surface area contributed by atoms with Crippen molar-refractivity contribution >= 4 is 46.3 Å².